The average molecular weight is 290 g/mol. The second kappa shape index (κ2) is 6.17. The summed E-state index contributed by atoms with van der Waals surface area (Å²) in [6.45, 7) is 1.08. The molecule has 2 aliphatic rings. The van der Waals surface area contributed by atoms with E-state index in [9.17, 15) is 20.1 Å². The summed E-state index contributed by atoms with van der Waals surface area (Å²) in [5.41, 5.74) is 0. The Bertz CT molecular complexity index is 382. The topological polar surface area (TPSA) is 126 Å². The lowest BCUT2D eigenvalue weighted by Crippen LogP contribution is -2.60. The summed E-state index contributed by atoms with van der Waals surface area (Å²) in [6, 6.07) is 0. The highest BCUT2D eigenvalue weighted by Gasteiger charge is 2.45. The van der Waals surface area contributed by atoms with Gasteiger partial charge >= 0.3 is 5.97 Å². The Labute approximate surface area is 115 Å². The van der Waals surface area contributed by atoms with Crippen molar-refractivity contribution in [3.05, 3.63) is 12.2 Å². The standard InChI is InChI=1S/C12H18O8/c1-5-6(2-3-8(14)18-5)19-12-11(17)10(16)9(15)7(4-13)20-12/h2-3,5-7,9-13,15-17H,4H2,1H3/t5-,6-,7-,9-,10+,11-,12-/m1/s1. The van der Waals surface area contributed by atoms with Gasteiger partial charge in [0.1, 0.15) is 36.6 Å². The molecule has 20 heavy (non-hydrogen) atoms. The molecule has 0 spiro atoms. The predicted molar refractivity (Wildman–Crippen MR) is 63.3 cm³/mol. The summed E-state index contributed by atoms with van der Waals surface area (Å²) < 4.78 is 15.6. The smallest absolute Gasteiger partial charge is 0.330 e. The van der Waals surface area contributed by atoms with Crippen LogP contribution >= 0.6 is 0 Å². The third-order valence-electron chi connectivity index (χ3n) is 3.33. The van der Waals surface area contributed by atoms with Crippen molar-refractivity contribution < 1.29 is 39.4 Å². The van der Waals surface area contributed by atoms with Gasteiger partial charge in [-0.05, 0) is 13.0 Å². The van der Waals surface area contributed by atoms with Crippen molar-refractivity contribution in [3.8, 4) is 0 Å². The number of hydrogen-bond donors (Lipinski definition) is 4. The Morgan fingerprint density at radius 3 is 2.55 bits per heavy atom. The molecule has 2 rings (SSSR count). The summed E-state index contributed by atoms with van der Waals surface area (Å²) >= 11 is 0. The molecule has 0 aliphatic carbocycles. The average Bonchev–Trinajstić information content (AvgIpc) is 2.42. The highest BCUT2D eigenvalue weighted by Crippen LogP contribution is 2.25. The molecular formula is C12H18O8. The maximum absolute atomic E-state index is 11.0. The first kappa shape index (κ1) is 15.4. The van der Waals surface area contributed by atoms with E-state index < -0.39 is 55.5 Å². The van der Waals surface area contributed by atoms with Gasteiger partial charge in [-0.2, -0.15) is 0 Å². The minimum atomic E-state index is -1.50. The van der Waals surface area contributed by atoms with Crippen molar-refractivity contribution in [2.24, 2.45) is 0 Å². The van der Waals surface area contributed by atoms with Crippen LogP contribution in [0.25, 0.3) is 0 Å². The maximum atomic E-state index is 11.0. The molecule has 0 saturated carbocycles. The van der Waals surface area contributed by atoms with Crippen molar-refractivity contribution in [3.63, 3.8) is 0 Å². The van der Waals surface area contributed by atoms with E-state index in [2.05, 4.69) is 0 Å². The molecule has 114 valence electrons. The zero-order valence-corrected chi connectivity index (χ0v) is 10.8. The number of cyclic esters (lactones) is 1. The van der Waals surface area contributed by atoms with Gasteiger partial charge in [0.25, 0.3) is 0 Å². The van der Waals surface area contributed by atoms with Gasteiger partial charge in [-0.1, -0.05) is 0 Å². The molecule has 8 nitrogen and oxygen atoms in total. The van der Waals surface area contributed by atoms with E-state index in [1.54, 1.807) is 6.92 Å². The number of esters is 1. The largest absolute Gasteiger partial charge is 0.456 e. The van der Waals surface area contributed by atoms with Crippen molar-refractivity contribution in [1.29, 1.82) is 0 Å². The fourth-order valence-corrected chi connectivity index (χ4v) is 2.11. The molecular weight excluding hydrogens is 272 g/mol. The number of hydrogen-bond acceptors (Lipinski definition) is 8. The monoisotopic (exact) mass is 290 g/mol. The van der Waals surface area contributed by atoms with Gasteiger partial charge in [0.15, 0.2) is 6.29 Å². The Morgan fingerprint density at radius 1 is 1.25 bits per heavy atom. The Balaban J connectivity index is 2.04. The van der Waals surface area contributed by atoms with Crippen LogP contribution in [0.1, 0.15) is 6.92 Å². The number of rotatable bonds is 3. The molecule has 0 aromatic carbocycles. The summed E-state index contributed by atoms with van der Waals surface area (Å²) in [6.07, 6.45) is -5.31. The number of ether oxygens (including phenoxy) is 3. The highest BCUT2D eigenvalue weighted by atomic mass is 16.7. The number of carbonyl (C=O) groups is 1. The van der Waals surface area contributed by atoms with Crippen LogP contribution in [0.4, 0.5) is 0 Å². The van der Waals surface area contributed by atoms with E-state index in [1.165, 1.54) is 12.2 Å². The second-order valence-electron chi connectivity index (χ2n) is 4.80. The van der Waals surface area contributed by atoms with E-state index in [4.69, 9.17) is 19.3 Å². The Morgan fingerprint density at radius 2 is 1.95 bits per heavy atom. The molecule has 1 saturated heterocycles. The van der Waals surface area contributed by atoms with E-state index >= 15 is 0 Å². The van der Waals surface area contributed by atoms with Crippen molar-refractivity contribution in [1.82, 2.24) is 0 Å². The van der Waals surface area contributed by atoms with Gasteiger partial charge < -0.3 is 34.6 Å². The van der Waals surface area contributed by atoms with E-state index in [1.807, 2.05) is 0 Å². The van der Waals surface area contributed by atoms with Gasteiger partial charge in [0, 0.05) is 6.08 Å². The molecule has 8 heteroatoms. The number of aliphatic hydroxyl groups is 4. The molecule has 0 unspecified atom stereocenters. The van der Waals surface area contributed by atoms with Crippen LogP contribution in [0.3, 0.4) is 0 Å². The van der Waals surface area contributed by atoms with Gasteiger partial charge in [-0.25, -0.2) is 4.79 Å². The fourth-order valence-electron chi connectivity index (χ4n) is 2.11. The summed E-state index contributed by atoms with van der Waals surface area (Å²) in [7, 11) is 0. The third-order valence-corrected chi connectivity index (χ3v) is 3.33. The van der Waals surface area contributed by atoms with Crippen LogP contribution in [0.15, 0.2) is 12.2 Å². The first-order chi connectivity index (χ1) is 9.43. The minimum absolute atomic E-state index is 0.494. The second-order valence-corrected chi connectivity index (χ2v) is 4.80. The fraction of sp³-hybridized carbons (Fsp3) is 0.750. The summed E-state index contributed by atoms with van der Waals surface area (Å²) in [5.74, 6) is -0.494. The SMILES string of the molecule is C[C@H]1OC(=O)C=C[C@H]1O[C@@H]1O[C@H](CO)[C@@H](O)[C@H](O)[C@H]1O. The quantitative estimate of drug-likeness (QED) is 0.427. The first-order valence-corrected chi connectivity index (χ1v) is 6.29. The van der Waals surface area contributed by atoms with Crippen molar-refractivity contribution in [2.75, 3.05) is 6.61 Å². The number of aliphatic hydroxyl groups excluding tert-OH is 4. The van der Waals surface area contributed by atoms with Crippen LogP contribution in [0.5, 0.6) is 0 Å². The molecule has 0 aromatic heterocycles. The summed E-state index contributed by atoms with van der Waals surface area (Å²) in [5, 5.41) is 38.1. The van der Waals surface area contributed by atoms with Gasteiger partial charge in [-0.15, -0.1) is 0 Å². The van der Waals surface area contributed by atoms with E-state index in [0.29, 0.717) is 0 Å². The maximum Gasteiger partial charge on any atom is 0.330 e. The lowest BCUT2D eigenvalue weighted by molar-refractivity contribution is -0.312. The van der Waals surface area contributed by atoms with E-state index in [-0.39, 0.29) is 0 Å². The minimum Gasteiger partial charge on any atom is -0.456 e. The summed E-state index contributed by atoms with van der Waals surface area (Å²) in [4.78, 5) is 11.0. The predicted octanol–water partition coefficient (Wildman–Crippen LogP) is -2.33. The molecule has 0 aromatic rings. The molecule has 1 fully saturated rings. The van der Waals surface area contributed by atoms with Crippen molar-refractivity contribution in [2.45, 2.75) is 49.8 Å². The Hall–Kier alpha value is -1.03. The lowest BCUT2D eigenvalue weighted by atomic mass is 9.99. The van der Waals surface area contributed by atoms with Gasteiger partial charge in [0.2, 0.25) is 0 Å². The lowest BCUT2D eigenvalue weighted by Gasteiger charge is -2.41. The molecule has 4 N–H and O–H groups in total. The highest BCUT2D eigenvalue weighted by molar-refractivity contribution is 5.83. The van der Waals surface area contributed by atoms with Crippen LogP contribution in [-0.4, -0.2) is 75.9 Å². The van der Waals surface area contributed by atoms with Gasteiger partial charge in [-0.3, -0.25) is 0 Å². The number of carbonyl (C=O) groups excluding carboxylic acids is 1. The molecule has 0 bridgehead atoms. The zero-order chi connectivity index (χ0) is 14.9. The van der Waals surface area contributed by atoms with Crippen molar-refractivity contribution >= 4 is 5.97 Å². The normalized spacial score (nSPS) is 45.2. The van der Waals surface area contributed by atoms with E-state index in [0.717, 1.165) is 0 Å². The molecule has 2 aliphatic heterocycles. The third kappa shape index (κ3) is 3.00. The van der Waals surface area contributed by atoms with Crippen LogP contribution in [-0.2, 0) is 19.0 Å². The van der Waals surface area contributed by atoms with Gasteiger partial charge in [0.05, 0.1) is 6.61 Å². The Kier molecular flexibility index (Phi) is 4.74. The first-order valence-electron chi connectivity index (χ1n) is 6.29. The molecule has 0 radical (unpaired) electrons. The molecule has 2 heterocycles. The molecule has 7 atom stereocenters. The van der Waals surface area contributed by atoms with Crippen LogP contribution in [0.2, 0.25) is 0 Å². The van der Waals surface area contributed by atoms with Crippen LogP contribution in [0, 0.1) is 0 Å². The van der Waals surface area contributed by atoms with Crippen LogP contribution < -0.4 is 0 Å². The molecule has 0 amide bonds. The zero-order valence-electron chi connectivity index (χ0n) is 10.8.